The first kappa shape index (κ1) is 31.9. The van der Waals surface area contributed by atoms with Gasteiger partial charge in [-0.2, -0.15) is 0 Å². The molecule has 0 bridgehead atoms. The summed E-state index contributed by atoms with van der Waals surface area (Å²) in [6.07, 6.45) is 16.6. The van der Waals surface area contributed by atoms with E-state index in [0.717, 1.165) is 25.7 Å². The zero-order valence-electron chi connectivity index (χ0n) is 29.8. The average molecular weight is 660 g/mol. The fourth-order valence-electron chi connectivity index (χ4n) is 9.14. The number of likely N-dealkylation sites (N-methyl/N-ethyl adjacent to an activating group) is 1. The van der Waals surface area contributed by atoms with Gasteiger partial charge in [-0.05, 0) is 95.3 Å². The lowest BCUT2D eigenvalue weighted by Crippen LogP contribution is -2.39. The highest BCUT2D eigenvalue weighted by molar-refractivity contribution is 8.03. The molecule has 4 aromatic carbocycles. The Kier molecular flexibility index (Phi) is 7.95. The van der Waals surface area contributed by atoms with Crippen molar-refractivity contribution in [2.24, 2.45) is 5.41 Å². The molecule has 1 atom stereocenters. The molecular formula is C46H47N2S+. The largest absolute Gasteiger partial charge is 0.347 e. The van der Waals surface area contributed by atoms with Gasteiger partial charge in [0.25, 0.3) is 0 Å². The molecule has 0 fully saturated rings. The van der Waals surface area contributed by atoms with E-state index in [1.807, 2.05) is 11.8 Å². The third kappa shape index (κ3) is 5.29. The lowest BCUT2D eigenvalue weighted by Gasteiger charge is -2.25. The monoisotopic (exact) mass is 659 g/mol. The maximum Gasteiger partial charge on any atom is 0.186 e. The van der Waals surface area contributed by atoms with Crippen LogP contribution in [-0.2, 0) is 5.41 Å². The van der Waals surface area contributed by atoms with Crippen molar-refractivity contribution < 1.29 is 4.58 Å². The Morgan fingerprint density at radius 1 is 0.796 bits per heavy atom. The molecule has 4 aliphatic rings. The van der Waals surface area contributed by atoms with Gasteiger partial charge in [-0.25, -0.2) is 4.58 Å². The van der Waals surface area contributed by atoms with Crippen molar-refractivity contribution in [2.45, 2.75) is 69.7 Å². The third-order valence-electron chi connectivity index (χ3n) is 11.5. The van der Waals surface area contributed by atoms with Crippen molar-refractivity contribution in [1.29, 1.82) is 0 Å². The summed E-state index contributed by atoms with van der Waals surface area (Å²) < 4.78 is 2.55. The summed E-state index contributed by atoms with van der Waals surface area (Å²) in [5.74, 6) is 0. The molecule has 0 spiro atoms. The summed E-state index contributed by atoms with van der Waals surface area (Å²) in [5.41, 5.74) is 9.81. The Balaban J connectivity index is 1.20. The van der Waals surface area contributed by atoms with E-state index >= 15 is 0 Å². The number of thioether (sulfide) groups is 1. The van der Waals surface area contributed by atoms with Crippen molar-refractivity contribution in [1.82, 2.24) is 0 Å². The Bertz CT molecular complexity index is 2280. The lowest BCUT2D eigenvalue weighted by molar-refractivity contribution is -0.515. The first-order valence-corrected chi connectivity index (χ1v) is 18.7. The van der Waals surface area contributed by atoms with Crippen LogP contribution in [0.5, 0.6) is 0 Å². The molecule has 246 valence electrons. The van der Waals surface area contributed by atoms with E-state index in [-0.39, 0.29) is 10.8 Å². The van der Waals surface area contributed by atoms with Gasteiger partial charge in [0.15, 0.2) is 11.8 Å². The second-order valence-electron chi connectivity index (χ2n) is 15.1. The zero-order chi connectivity index (χ0) is 33.9. The molecule has 2 nitrogen and oxygen atoms in total. The van der Waals surface area contributed by atoms with Gasteiger partial charge in [-0.15, -0.1) is 0 Å². The predicted molar refractivity (Wildman–Crippen MR) is 211 cm³/mol. The molecule has 2 aliphatic carbocycles. The van der Waals surface area contributed by atoms with Crippen molar-refractivity contribution in [3.63, 3.8) is 0 Å². The number of benzene rings is 4. The topological polar surface area (TPSA) is 6.25 Å². The molecule has 2 heterocycles. The van der Waals surface area contributed by atoms with Crippen LogP contribution in [0.2, 0.25) is 0 Å². The Labute approximate surface area is 296 Å². The maximum atomic E-state index is 2.55. The molecule has 8 rings (SSSR count). The van der Waals surface area contributed by atoms with Crippen LogP contribution in [0, 0.1) is 5.41 Å². The van der Waals surface area contributed by atoms with Gasteiger partial charge < -0.3 is 4.90 Å². The molecular weight excluding hydrogens is 613 g/mol. The van der Waals surface area contributed by atoms with Gasteiger partial charge in [-0.3, -0.25) is 0 Å². The number of allylic oxidation sites excluding steroid dienone is 7. The molecule has 0 radical (unpaired) electrons. The second-order valence-corrected chi connectivity index (χ2v) is 16.2. The number of anilines is 1. The molecule has 4 aromatic rings. The molecule has 0 saturated carbocycles. The maximum absolute atomic E-state index is 2.55. The third-order valence-corrected chi connectivity index (χ3v) is 12.8. The number of hydrogen-bond donors (Lipinski definition) is 0. The normalized spacial score (nSPS) is 22.7. The van der Waals surface area contributed by atoms with Crippen LogP contribution >= 0.6 is 11.8 Å². The van der Waals surface area contributed by atoms with E-state index in [1.165, 1.54) is 64.8 Å². The van der Waals surface area contributed by atoms with E-state index in [0.29, 0.717) is 6.04 Å². The molecule has 49 heavy (non-hydrogen) atoms. The Hall–Kier alpha value is -4.34. The van der Waals surface area contributed by atoms with Gasteiger partial charge in [0, 0.05) is 51.7 Å². The van der Waals surface area contributed by atoms with E-state index in [4.69, 9.17) is 0 Å². The van der Waals surface area contributed by atoms with Crippen molar-refractivity contribution in [2.75, 3.05) is 19.0 Å². The van der Waals surface area contributed by atoms with Gasteiger partial charge >= 0.3 is 0 Å². The average Bonchev–Trinajstić information content (AvgIpc) is 3.44. The van der Waals surface area contributed by atoms with Crippen LogP contribution in [0.25, 0.3) is 22.4 Å². The van der Waals surface area contributed by atoms with Crippen LogP contribution in [0.4, 0.5) is 5.69 Å². The van der Waals surface area contributed by atoms with E-state index in [9.17, 15) is 0 Å². The minimum Gasteiger partial charge on any atom is -0.347 e. The summed E-state index contributed by atoms with van der Waals surface area (Å²) in [5, 5.41) is 5.47. The Morgan fingerprint density at radius 3 is 2.39 bits per heavy atom. The van der Waals surface area contributed by atoms with Crippen LogP contribution in [0.3, 0.4) is 0 Å². The van der Waals surface area contributed by atoms with Crippen molar-refractivity contribution >= 4 is 45.6 Å². The number of rotatable bonds is 5. The number of fused-ring (bicyclic) bond motifs is 5. The van der Waals surface area contributed by atoms with E-state index in [1.54, 1.807) is 5.57 Å². The first-order chi connectivity index (χ1) is 23.7. The molecule has 1 unspecified atom stereocenters. The number of nitrogens with zero attached hydrogens (tertiary/aromatic N) is 2. The van der Waals surface area contributed by atoms with Gasteiger partial charge in [0.2, 0.25) is 0 Å². The quantitative estimate of drug-likeness (QED) is 0.197. The van der Waals surface area contributed by atoms with E-state index < -0.39 is 0 Å². The Morgan fingerprint density at radius 2 is 1.55 bits per heavy atom. The fraction of sp³-hybridized carbons (Fsp3) is 0.283. The SMILES string of the molecule is CN1/C(=C/C=C2\CCCC(/C=C/C3=[N+](C)C4CC=c5ccccc5=C4C3(C)C)=C2Sc2ccccc2)C(C)(C)c2c1ccc1ccccc21. The molecule has 0 N–H and O–H groups in total. The summed E-state index contributed by atoms with van der Waals surface area (Å²) in [6, 6.07) is 33.7. The van der Waals surface area contributed by atoms with Gasteiger partial charge in [-0.1, -0.05) is 117 Å². The first-order valence-electron chi connectivity index (χ1n) is 17.9. The second kappa shape index (κ2) is 12.2. The van der Waals surface area contributed by atoms with E-state index in [2.05, 4.69) is 173 Å². The van der Waals surface area contributed by atoms with Gasteiger partial charge in [0.1, 0.15) is 7.05 Å². The summed E-state index contributed by atoms with van der Waals surface area (Å²) in [7, 11) is 4.54. The minimum absolute atomic E-state index is 0.0385. The lowest BCUT2D eigenvalue weighted by atomic mass is 9.76. The van der Waals surface area contributed by atoms with Crippen LogP contribution < -0.4 is 15.3 Å². The smallest absolute Gasteiger partial charge is 0.186 e. The predicted octanol–water partition coefficient (Wildman–Crippen LogP) is 9.69. The molecule has 3 heteroatoms. The molecule has 0 aromatic heterocycles. The minimum atomic E-state index is -0.102. The summed E-state index contributed by atoms with van der Waals surface area (Å²) in [6.45, 7) is 9.63. The molecule has 0 amide bonds. The number of hydrogen-bond acceptors (Lipinski definition) is 2. The summed E-state index contributed by atoms with van der Waals surface area (Å²) >= 11 is 1.93. The van der Waals surface area contributed by atoms with Gasteiger partial charge in [0.05, 0.1) is 5.41 Å². The highest BCUT2D eigenvalue weighted by Crippen LogP contribution is 2.50. The molecule has 0 saturated heterocycles. The van der Waals surface area contributed by atoms with Crippen molar-refractivity contribution in [3.05, 3.63) is 153 Å². The zero-order valence-corrected chi connectivity index (χ0v) is 30.6. The standard InChI is InChI=1S/C46H47N2S/c1-45(2)40(47(5)38-27-23-31-15-10-12-21-36(31)42(38)45)29-25-33-17-14-18-34(44(33)49-35-19-8-7-9-20-35)26-30-41-46(3,4)43-37-22-13-11-16-32(37)24-28-39(43)48(41)6/h7-13,15-16,19-27,29-30,39H,14,17-18,28H2,1-6H3/q+1. The highest BCUT2D eigenvalue weighted by atomic mass is 32.2. The van der Waals surface area contributed by atoms with Crippen LogP contribution in [0.15, 0.2) is 142 Å². The fourth-order valence-corrected chi connectivity index (χ4v) is 10.3. The highest BCUT2D eigenvalue weighted by Gasteiger charge is 2.49. The summed E-state index contributed by atoms with van der Waals surface area (Å²) in [4.78, 5) is 5.12. The van der Waals surface area contributed by atoms with Crippen LogP contribution in [-0.4, -0.2) is 30.4 Å². The molecule has 2 aliphatic heterocycles. The van der Waals surface area contributed by atoms with Crippen LogP contribution in [0.1, 0.15) is 58.9 Å². The van der Waals surface area contributed by atoms with Crippen molar-refractivity contribution in [3.8, 4) is 0 Å².